The molecule has 20 heavy (non-hydrogen) atoms. The van der Waals surface area contributed by atoms with Gasteiger partial charge in [0, 0.05) is 38.2 Å². The summed E-state index contributed by atoms with van der Waals surface area (Å²) in [4.78, 5) is 25.4. The van der Waals surface area contributed by atoms with Gasteiger partial charge in [0.15, 0.2) is 0 Å². The van der Waals surface area contributed by atoms with Crippen molar-refractivity contribution in [2.45, 2.75) is 31.3 Å². The van der Waals surface area contributed by atoms with E-state index in [4.69, 9.17) is 0 Å². The van der Waals surface area contributed by atoms with Crippen molar-refractivity contribution in [3.05, 3.63) is 29.8 Å². The van der Waals surface area contributed by atoms with Gasteiger partial charge in [-0.15, -0.1) is 0 Å². The topological polar surface area (TPSA) is 61.4 Å². The number of amides is 2. The zero-order valence-electron chi connectivity index (χ0n) is 11.6. The fraction of sp³-hybridized carbons (Fsp3) is 0.467. The molecular formula is C15H19N3O2. The van der Waals surface area contributed by atoms with Crippen molar-refractivity contribution in [3.63, 3.8) is 0 Å². The van der Waals surface area contributed by atoms with Gasteiger partial charge < -0.3 is 15.5 Å². The lowest BCUT2D eigenvalue weighted by Gasteiger charge is -2.30. The molecule has 2 heterocycles. The predicted octanol–water partition coefficient (Wildman–Crippen LogP) is 0.760. The van der Waals surface area contributed by atoms with Crippen LogP contribution in [0.25, 0.3) is 0 Å². The number of hydrogen-bond donors (Lipinski definition) is 2. The van der Waals surface area contributed by atoms with Crippen LogP contribution in [0.2, 0.25) is 0 Å². The first-order chi connectivity index (χ1) is 9.63. The summed E-state index contributed by atoms with van der Waals surface area (Å²) >= 11 is 0. The molecule has 1 fully saturated rings. The summed E-state index contributed by atoms with van der Waals surface area (Å²) in [6, 6.07) is 7.86. The van der Waals surface area contributed by atoms with Gasteiger partial charge in [0.1, 0.15) is 6.04 Å². The number of piperidine rings is 1. The van der Waals surface area contributed by atoms with E-state index in [9.17, 15) is 9.59 Å². The summed E-state index contributed by atoms with van der Waals surface area (Å²) in [6.07, 6.45) is 1.97. The van der Waals surface area contributed by atoms with Crippen molar-refractivity contribution in [3.8, 4) is 0 Å². The number of anilines is 1. The second kappa shape index (κ2) is 5.15. The molecule has 2 N–H and O–H groups in total. The van der Waals surface area contributed by atoms with Crippen LogP contribution in [0.1, 0.15) is 18.4 Å². The van der Waals surface area contributed by atoms with Crippen LogP contribution in [0, 0.1) is 0 Å². The molecule has 0 aliphatic carbocycles. The fourth-order valence-corrected chi connectivity index (χ4v) is 2.89. The van der Waals surface area contributed by atoms with Crippen LogP contribution in [-0.2, 0) is 16.0 Å². The van der Waals surface area contributed by atoms with E-state index in [2.05, 4.69) is 10.6 Å². The van der Waals surface area contributed by atoms with Crippen LogP contribution in [0.4, 0.5) is 5.69 Å². The summed E-state index contributed by atoms with van der Waals surface area (Å²) in [5, 5.41) is 6.30. The number of likely N-dealkylation sites (tertiary alicyclic amines) is 1. The Labute approximate surface area is 118 Å². The monoisotopic (exact) mass is 273 g/mol. The number of rotatable bonds is 2. The molecule has 2 aliphatic heterocycles. The second-order valence-electron chi connectivity index (χ2n) is 5.58. The molecule has 1 saturated heterocycles. The van der Waals surface area contributed by atoms with Crippen molar-refractivity contribution >= 4 is 17.5 Å². The van der Waals surface area contributed by atoms with Crippen molar-refractivity contribution in [1.82, 2.24) is 10.2 Å². The number of benzene rings is 1. The van der Waals surface area contributed by atoms with E-state index in [1.54, 1.807) is 11.9 Å². The first-order valence-corrected chi connectivity index (χ1v) is 7.02. The van der Waals surface area contributed by atoms with Gasteiger partial charge in [0.05, 0.1) is 0 Å². The molecule has 5 nitrogen and oxygen atoms in total. The maximum Gasteiger partial charge on any atom is 0.243 e. The highest BCUT2D eigenvalue weighted by Gasteiger charge is 2.30. The number of nitrogens with zero attached hydrogens (tertiary/aromatic N) is 1. The molecule has 5 heteroatoms. The Hall–Kier alpha value is -2.04. The van der Waals surface area contributed by atoms with Crippen LogP contribution in [0.15, 0.2) is 24.3 Å². The lowest BCUT2D eigenvalue weighted by Crippen LogP contribution is -2.51. The normalized spacial score (nSPS) is 25.1. The van der Waals surface area contributed by atoms with E-state index in [0.717, 1.165) is 18.5 Å². The molecule has 1 aromatic carbocycles. The minimum atomic E-state index is -0.199. The van der Waals surface area contributed by atoms with Gasteiger partial charge in [-0.05, 0) is 18.1 Å². The van der Waals surface area contributed by atoms with Crippen molar-refractivity contribution in [2.75, 3.05) is 18.9 Å². The van der Waals surface area contributed by atoms with Crippen molar-refractivity contribution in [2.24, 2.45) is 0 Å². The number of likely N-dealkylation sites (N-methyl/N-ethyl adjacent to an activating group) is 1. The molecule has 2 amide bonds. The van der Waals surface area contributed by atoms with E-state index in [0.29, 0.717) is 13.0 Å². The zero-order valence-corrected chi connectivity index (χ0v) is 11.6. The number of carbonyl (C=O) groups is 2. The standard InChI is InChI=1S/C15H19N3O2/c1-18-9-11(6-7-14(18)19)16-15(20)13-8-10-4-2-3-5-12(10)17-13/h2-5,11,13,17H,6-9H2,1H3,(H,16,20). The summed E-state index contributed by atoms with van der Waals surface area (Å²) in [6.45, 7) is 0.601. The molecule has 2 atom stereocenters. The van der Waals surface area contributed by atoms with E-state index in [-0.39, 0.29) is 23.9 Å². The maximum atomic E-state index is 12.3. The fourth-order valence-electron chi connectivity index (χ4n) is 2.89. The molecule has 2 aliphatic rings. The number of carbonyl (C=O) groups excluding carboxylic acids is 2. The van der Waals surface area contributed by atoms with Gasteiger partial charge in [-0.25, -0.2) is 0 Å². The minimum Gasteiger partial charge on any atom is -0.373 e. The molecule has 0 spiro atoms. The Balaban J connectivity index is 1.58. The lowest BCUT2D eigenvalue weighted by molar-refractivity contribution is -0.134. The van der Waals surface area contributed by atoms with Gasteiger partial charge in [-0.3, -0.25) is 9.59 Å². The Bertz CT molecular complexity index is 519. The summed E-state index contributed by atoms with van der Waals surface area (Å²) in [5.41, 5.74) is 2.23. The van der Waals surface area contributed by atoms with E-state index in [1.807, 2.05) is 24.3 Å². The quantitative estimate of drug-likeness (QED) is 0.836. The van der Waals surface area contributed by atoms with Crippen LogP contribution < -0.4 is 10.6 Å². The van der Waals surface area contributed by atoms with Gasteiger partial charge >= 0.3 is 0 Å². The maximum absolute atomic E-state index is 12.3. The third-order valence-corrected chi connectivity index (χ3v) is 4.06. The smallest absolute Gasteiger partial charge is 0.243 e. The Kier molecular flexibility index (Phi) is 3.34. The Morgan fingerprint density at radius 1 is 1.40 bits per heavy atom. The van der Waals surface area contributed by atoms with E-state index < -0.39 is 0 Å². The molecule has 3 rings (SSSR count). The van der Waals surface area contributed by atoms with Crippen LogP contribution in [0.5, 0.6) is 0 Å². The second-order valence-corrected chi connectivity index (χ2v) is 5.58. The third kappa shape index (κ3) is 2.48. The zero-order chi connectivity index (χ0) is 14.1. The van der Waals surface area contributed by atoms with Gasteiger partial charge in [0.2, 0.25) is 11.8 Å². The van der Waals surface area contributed by atoms with Crippen LogP contribution in [-0.4, -0.2) is 42.4 Å². The minimum absolute atomic E-state index is 0.0222. The first kappa shape index (κ1) is 13.0. The average Bonchev–Trinajstić information content (AvgIpc) is 2.87. The summed E-state index contributed by atoms with van der Waals surface area (Å²) in [7, 11) is 1.78. The molecule has 0 bridgehead atoms. The van der Waals surface area contributed by atoms with Crippen molar-refractivity contribution in [1.29, 1.82) is 0 Å². The molecule has 0 saturated carbocycles. The van der Waals surface area contributed by atoms with Crippen LogP contribution >= 0.6 is 0 Å². The molecule has 1 aromatic rings. The highest BCUT2D eigenvalue weighted by atomic mass is 16.2. The molecule has 106 valence electrons. The third-order valence-electron chi connectivity index (χ3n) is 4.06. The summed E-state index contributed by atoms with van der Waals surface area (Å²) < 4.78 is 0. The van der Waals surface area contributed by atoms with Gasteiger partial charge in [0.25, 0.3) is 0 Å². The molecular weight excluding hydrogens is 254 g/mol. The highest BCUT2D eigenvalue weighted by molar-refractivity contribution is 5.88. The lowest BCUT2D eigenvalue weighted by atomic mass is 10.0. The molecule has 0 aromatic heterocycles. The highest BCUT2D eigenvalue weighted by Crippen LogP contribution is 2.25. The number of nitrogens with one attached hydrogen (secondary N) is 2. The van der Waals surface area contributed by atoms with E-state index >= 15 is 0 Å². The van der Waals surface area contributed by atoms with E-state index in [1.165, 1.54) is 5.56 Å². The summed E-state index contributed by atoms with van der Waals surface area (Å²) in [5.74, 6) is 0.177. The Morgan fingerprint density at radius 3 is 2.95 bits per heavy atom. The van der Waals surface area contributed by atoms with Gasteiger partial charge in [-0.1, -0.05) is 18.2 Å². The number of fused-ring (bicyclic) bond motifs is 1. The Morgan fingerprint density at radius 2 is 2.20 bits per heavy atom. The number of hydrogen-bond acceptors (Lipinski definition) is 3. The van der Waals surface area contributed by atoms with Gasteiger partial charge in [-0.2, -0.15) is 0 Å². The average molecular weight is 273 g/mol. The number of para-hydroxylation sites is 1. The largest absolute Gasteiger partial charge is 0.373 e. The predicted molar refractivity (Wildman–Crippen MR) is 76.4 cm³/mol. The molecule has 0 radical (unpaired) electrons. The first-order valence-electron chi connectivity index (χ1n) is 7.02. The SMILES string of the molecule is CN1CC(NC(=O)C2Cc3ccccc3N2)CCC1=O. The van der Waals surface area contributed by atoms with Crippen LogP contribution in [0.3, 0.4) is 0 Å². The molecule has 2 unspecified atom stereocenters. The van der Waals surface area contributed by atoms with Crippen molar-refractivity contribution < 1.29 is 9.59 Å².